The summed E-state index contributed by atoms with van der Waals surface area (Å²) in [4.78, 5) is 4.35. The van der Waals surface area contributed by atoms with Gasteiger partial charge >= 0.3 is 0 Å². The van der Waals surface area contributed by atoms with Crippen molar-refractivity contribution < 1.29 is 23.0 Å². The zero-order chi connectivity index (χ0) is 23.8. The molecule has 1 unspecified atom stereocenters. The number of aliphatic hydroxyl groups excluding tert-OH is 1. The summed E-state index contributed by atoms with van der Waals surface area (Å²) in [5.74, 6) is -2.56. The van der Waals surface area contributed by atoms with Crippen LogP contribution in [0.15, 0.2) is 61.3 Å². The number of aryl methyl sites for hydroxylation is 2. The summed E-state index contributed by atoms with van der Waals surface area (Å²) >= 11 is 0. The summed E-state index contributed by atoms with van der Waals surface area (Å²) < 4.78 is 48.4. The summed E-state index contributed by atoms with van der Waals surface area (Å²) in [7, 11) is 0. The molecule has 3 rings (SSSR count). The van der Waals surface area contributed by atoms with Gasteiger partial charge in [-0.05, 0) is 55.5 Å². The van der Waals surface area contributed by atoms with Gasteiger partial charge in [-0.15, -0.1) is 6.58 Å². The molecule has 3 nitrogen and oxygen atoms in total. The number of aliphatic hydroxyl groups is 1. The van der Waals surface area contributed by atoms with Crippen LogP contribution in [0, 0.1) is 17.5 Å². The van der Waals surface area contributed by atoms with Gasteiger partial charge in [0, 0.05) is 28.6 Å². The van der Waals surface area contributed by atoms with Crippen LogP contribution in [0.25, 0.3) is 11.1 Å². The second kappa shape index (κ2) is 11.7. The fourth-order valence-electron chi connectivity index (χ4n) is 3.55. The highest BCUT2D eigenvalue weighted by molar-refractivity contribution is 5.64. The molecule has 1 aromatic heterocycles. The minimum atomic E-state index is -1.03. The maximum absolute atomic E-state index is 14.5. The molecule has 0 amide bonds. The average Bonchev–Trinajstić information content (AvgIpc) is 2.81. The van der Waals surface area contributed by atoms with E-state index in [-0.39, 0.29) is 17.9 Å². The van der Waals surface area contributed by atoms with Crippen molar-refractivity contribution in [2.24, 2.45) is 0 Å². The Morgan fingerprint density at radius 2 is 1.88 bits per heavy atom. The van der Waals surface area contributed by atoms with Gasteiger partial charge in [0.2, 0.25) is 5.82 Å². The number of aromatic nitrogens is 1. The lowest BCUT2D eigenvalue weighted by molar-refractivity contribution is 0.162. The zero-order valence-corrected chi connectivity index (χ0v) is 18.7. The molecule has 0 saturated carbocycles. The van der Waals surface area contributed by atoms with Gasteiger partial charge in [0.25, 0.3) is 0 Å². The maximum Gasteiger partial charge on any atom is 0.201 e. The Hall–Kier alpha value is -3.12. The predicted molar refractivity (Wildman–Crippen MR) is 124 cm³/mol. The van der Waals surface area contributed by atoms with Crippen molar-refractivity contribution in [3.63, 3.8) is 0 Å². The number of benzene rings is 2. The van der Waals surface area contributed by atoms with Gasteiger partial charge in [-0.3, -0.25) is 4.98 Å². The van der Waals surface area contributed by atoms with Gasteiger partial charge in [-0.1, -0.05) is 37.6 Å². The van der Waals surface area contributed by atoms with Crippen LogP contribution in [0.1, 0.15) is 49.1 Å². The monoisotopic (exact) mass is 455 g/mol. The number of hydrogen-bond donors (Lipinski definition) is 1. The summed E-state index contributed by atoms with van der Waals surface area (Å²) in [5.41, 5.74) is 2.42. The minimum absolute atomic E-state index is 0.103. The fraction of sp³-hybridized carbons (Fsp3) is 0.296. The fourth-order valence-corrected chi connectivity index (χ4v) is 3.55. The van der Waals surface area contributed by atoms with Crippen molar-refractivity contribution in [3.8, 4) is 16.9 Å². The van der Waals surface area contributed by atoms with E-state index in [1.165, 1.54) is 24.4 Å². The van der Waals surface area contributed by atoms with Crippen LogP contribution in [0.3, 0.4) is 0 Å². The third-order valence-electron chi connectivity index (χ3n) is 5.42. The van der Waals surface area contributed by atoms with E-state index in [0.29, 0.717) is 36.8 Å². The van der Waals surface area contributed by atoms with E-state index in [9.17, 15) is 18.3 Å². The highest BCUT2D eigenvalue weighted by atomic mass is 19.2. The molecule has 0 fully saturated rings. The van der Waals surface area contributed by atoms with Crippen LogP contribution in [0.2, 0.25) is 0 Å². The Morgan fingerprint density at radius 1 is 1.06 bits per heavy atom. The first-order chi connectivity index (χ1) is 15.9. The van der Waals surface area contributed by atoms with E-state index < -0.39 is 23.6 Å². The molecule has 0 aliphatic heterocycles. The Labute approximate surface area is 192 Å². The quantitative estimate of drug-likeness (QED) is 0.257. The Balaban J connectivity index is 1.65. The van der Waals surface area contributed by atoms with E-state index in [1.54, 1.807) is 24.3 Å². The zero-order valence-electron chi connectivity index (χ0n) is 18.7. The first-order valence-electron chi connectivity index (χ1n) is 11.1. The second-order valence-electron chi connectivity index (χ2n) is 7.86. The van der Waals surface area contributed by atoms with Gasteiger partial charge < -0.3 is 9.84 Å². The molecule has 0 aliphatic carbocycles. The molecular weight excluding hydrogens is 427 g/mol. The summed E-state index contributed by atoms with van der Waals surface area (Å²) in [6.45, 7) is 5.72. The number of halogens is 3. The van der Waals surface area contributed by atoms with Crippen molar-refractivity contribution in [1.82, 2.24) is 4.98 Å². The minimum Gasteiger partial charge on any atom is -0.490 e. The van der Waals surface area contributed by atoms with Crippen LogP contribution in [-0.4, -0.2) is 16.7 Å². The van der Waals surface area contributed by atoms with E-state index in [0.717, 1.165) is 17.7 Å². The van der Waals surface area contributed by atoms with Crippen molar-refractivity contribution in [3.05, 3.63) is 95.6 Å². The molecule has 174 valence electrons. The molecule has 0 aliphatic rings. The van der Waals surface area contributed by atoms with Gasteiger partial charge in [0.1, 0.15) is 5.82 Å². The third-order valence-corrected chi connectivity index (χ3v) is 5.42. The average molecular weight is 456 g/mol. The summed E-state index contributed by atoms with van der Waals surface area (Å²) in [6.07, 6.45) is 5.28. The molecule has 0 radical (unpaired) electrons. The maximum atomic E-state index is 14.5. The lowest BCUT2D eigenvalue weighted by atomic mass is 10.00. The van der Waals surface area contributed by atoms with Gasteiger partial charge in [-0.2, -0.15) is 4.39 Å². The summed E-state index contributed by atoms with van der Waals surface area (Å²) in [6, 6.07) is 11.2. The number of pyridine rings is 1. The molecular formula is C27H28F3NO2. The smallest absolute Gasteiger partial charge is 0.201 e. The van der Waals surface area contributed by atoms with E-state index in [4.69, 9.17) is 4.74 Å². The van der Waals surface area contributed by atoms with Gasteiger partial charge in [0.05, 0.1) is 12.7 Å². The lowest BCUT2D eigenvalue weighted by Crippen LogP contribution is -2.02. The van der Waals surface area contributed by atoms with Crippen LogP contribution < -0.4 is 4.74 Å². The standard InChI is InChI=1S/C27H28F3NO2/c1-3-5-15-33-25-14-13-21(26(29)27(25)30)19-9-11-20(31-17-19)10-7-18-8-12-22(23(28)16-18)24(32)6-4-2/h3,8-9,11-14,16-17,24,32H,1,4-7,10,15H2,2H3. The number of rotatable bonds is 11. The van der Waals surface area contributed by atoms with Crippen LogP contribution in [0.4, 0.5) is 13.2 Å². The summed E-state index contributed by atoms with van der Waals surface area (Å²) in [5, 5.41) is 10.0. The van der Waals surface area contributed by atoms with E-state index >= 15 is 0 Å². The number of nitrogens with zero attached hydrogens (tertiary/aromatic N) is 1. The molecule has 6 heteroatoms. The van der Waals surface area contributed by atoms with Crippen LogP contribution in [-0.2, 0) is 12.8 Å². The molecule has 1 heterocycles. The Bertz CT molecular complexity index is 1080. The molecule has 3 aromatic rings. The number of hydrogen-bond acceptors (Lipinski definition) is 3. The normalized spacial score (nSPS) is 11.9. The molecule has 1 atom stereocenters. The van der Waals surface area contributed by atoms with Gasteiger partial charge in [0.15, 0.2) is 11.6 Å². The lowest BCUT2D eigenvalue weighted by Gasteiger charge is -2.12. The SMILES string of the molecule is C=CCCOc1ccc(-c2ccc(CCc3ccc(C(O)CCC)c(F)c3)nc2)c(F)c1F. The second-order valence-corrected chi connectivity index (χ2v) is 7.86. The van der Waals surface area contributed by atoms with Gasteiger partial charge in [-0.25, -0.2) is 8.78 Å². The largest absolute Gasteiger partial charge is 0.490 e. The van der Waals surface area contributed by atoms with Crippen LogP contribution in [0.5, 0.6) is 5.75 Å². The molecule has 33 heavy (non-hydrogen) atoms. The third kappa shape index (κ3) is 6.23. The molecule has 0 bridgehead atoms. The van der Waals surface area contributed by atoms with E-state index in [2.05, 4.69) is 11.6 Å². The Kier molecular flexibility index (Phi) is 8.66. The van der Waals surface area contributed by atoms with Crippen molar-refractivity contribution in [2.75, 3.05) is 6.61 Å². The molecule has 0 spiro atoms. The van der Waals surface area contributed by atoms with Crippen molar-refractivity contribution in [1.29, 1.82) is 0 Å². The molecule has 2 aromatic carbocycles. The first-order valence-corrected chi connectivity index (χ1v) is 11.1. The van der Waals surface area contributed by atoms with Crippen LogP contribution >= 0.6 is 0 Å². The van der Waals surface area contributed by atoms with Crippen molar-refractivity contribution in [2.45, 2.75) is 45.1 Å². The molecule has 1 N–H and O–H groups in total. The topological polar surface area (TPSA) is 42.4 Å². The Morgan fingerprint density at radius 3 is 2.55 bits per heavy atom. The highest BCUT2D eigenvalue weighted by Crippen LogP contribution is 2.30. The molecule has 0 saturated heterocycles. The number of ether oxygens (including phenoxy) is 1. The predicted octanol–water partition coefficient (Wildman–Crippen LogP) is 6.74. The first kappa shape index (κ1) is 24.5. The van der Waals surface area contributed by atoms with Crippen molar-refractivity contribution >= 4 is 0 Å². The van der Waals surface area contributed by atoms with E-state index in [1.807, 2.05) is 13.0 Å². The highest BCUT2D eigenvalue weighted by Gasteiger charge is 2.16.